The van der Waals surface area contributed by atoms with Crippen LogP contribution in [0.25, 0.3) is 11.5 Å². The van der Waals surface area contributed by atoms with Gasteiger partial charge in [-0.15, -0.1) is 0 Å². The number of aromatic carboxylic acids is 1. The average Bonchev–Trinajstić information content (AvgIpc) is 2.83. The third-order valence-electron chi connectivity index (χ3n) is 2.79. The van der Waals surface area contributed by atoms with Crippen molar-refractivity contribution in [1.82, 2.24) is 4.98 Å². The Morgan fingerprint density at radius 2 is 2.14 bits per heavy atom. The first-order valence-corrected chi connectivity index (χ1v) is 5.59. The van der Waals surface area contributed by atoms with Crippen LogP contribution in [0.5, 0.6) is 0 Å². The minimum atomic E-state index is -3.13. The van der Waals surface area contributed by atoms with Gasteiger partial charge in [0.05, 0.1) is 4.92 Å². The molecule has 0 bridgehead atoms. The Morgan fingerprint density at radius 3 is 2.62 bits per heavy atom. The number of hydrogen-bond donors (Lipinski definition) is 1. The van der Waals surface area contributed by atoms with Crippen molar-refractivity contribution in [2.24, 2.45) is 0 Å². The molecule has 0 aliphatic rings. The van der Waals surface area contributed by atoms with Gasteiger partial charge in [0.1, 0.15) is 0 Å². The third kappa shape index (κ3) is 2.57. The largest absolute Gasteiger partial charge is 0.475 e. The first-order chi connectivity index (χ1) is 9.82. The molecule has 0 aliphatic heterocycles. The number of nitrogens with zero attached hydrogens (tertiary/aromatic N) is 2. The van der Waals surface area contributed by atoms with Gasteiger partial charge in [-0.05, 0) is 13.0 Å². The van der Waals surface area contributed by atoms with Gasteiger partial charge in [-0.3, -0.25) is 10.1 Å². The number of nitro groups is 1. The van der Waals surface area contributed by atoms with E-state index in [1.165, 1.54) is 25.1 Å². The lowest BCUT2D eigenvalue weighted by Gasteiger charge is -2.01. The molecule has 0 saturated heterocycles. The molecule has 7 nitrogen and oxygen atoms in total. The fourth-order valence-corrected chi connectivity index (χ4v) is 1.80. The van der Waals surface area contributed by atoms with Gasteiger partial charge in [0.2, 0.25) is 11.7 Å². The van der Waals surface area contributed by atoms with Crippen LogP contribution in [0.4, 0.5) is 14.5 Å². The van der Waals surface area contributed by atoms with Crippen LogP contribution in [0.3, 0.4) is 0 Å². The average molecular weight is 298 g/mol. The molecule has 0 aliphatic carbocycles. The Balaban J connectivity index is 2.63. The van der Waals surface area contributed by atoms with E-state index in [2.05, 4.69) is 4.98 Å². The summed E-state index contributed by atoms with van der Waals surface area (Å²) in [5.74, 6) is -3.07. The Hall–Kier alpha value is -2.84. The molecule has 1 aromatic heterocycles. The zero-order valence-electron chi connectivity index (χ0n) is 10.5. The van der Waals surface area contributed by atoms with Crippen LogP contribution in [0.1, 0.15) is 28.2 Å². The van der Waals surface area contributed by atoms with Crippen LogP contribution in [0, 0.1) is 17.0 Å². The molecule has 0 atom stereocenters. The van der Waals surface area contributed by atoms with Crippen molar-refractivity contribution >= 4 is 11.7 Å². The minimum absolute atomic E-state index is 0.0820. The molecule has 1 aromatic carbocycles. The van der Waals surface area contributed by atoms with Crippen molar-refractivity contribution in [3.05, 3.63) is 45.3 Å². The number of nitro benzene ring substituents is 1. The van der Waals surface area contributed by atoms with Crippen molar-refractivity contribution in [2.45, 2.75) is 13.3 Å². The maximum Gasteiger partial charge on any atom is 0.374 e. The van der Waals surface area contributed by atoms with Crippen molar-refractivity contribution in [3.8, 4) is 11.5 Å². The molecule has 2 rings (SSSR count). The fraction of sp³-hybridized carbons (Fsp3) is 0.167. The maximum atomic E-state index is 12.7. The number of alkyl halides is 2. The van der Waals surface area contributed by atoms with E-state index in [0.717, 1.165) is 0 Å². The van der Waals surface area contributed by atoms with Gasteiger partial charge in [0.15, 0.2) is 5.69 Å². The fourth-order valence-electron chi connectivity index (χ4n) is 1.80. The number of carboxylic acid groups (broad SMARTS) is 1. The van der Waals surface area contributed by atoms with Crippen LogP contribution in [0.2, 0.25) is 0 Å². The summed E-state index contributed by atoms with van der Waals surface area (Å²) in [7, 11) is 0. The van der Waals surface area contributed by atoms with Crippen LogP contribution in [-0.4, -0.2) is 21.0 Å². The first kappa shape index (κ1) is 14.6. The van der Waals surface area contributed by atoms with Crippen LogP contribution in [-0.2, 0) is 0 Å². The van der Waals surface area contributed by atoms with Crippen LogP contribution >= 0.6 is 0 Å². The zero-order valence-corrected chi connectivity index (χ0v) is 10.5. The SMILES string of the molecule is Cc1c(-c2nc(C(F)F)c(C(=O)O)o2)cccc1[N+](=O)[O-]. The van der Waals surface area contributed by atoms with Gasteiger partial charge in [-0.1, -0.05) is 6.07 Å². The van der Waals surface area contributed by atoms with Gasteiger partial charge < -0.3 is 9.52 Å². The number of aromatic nitrogens is 1. The van der Waals surface area contributed by atoms with Crippen LogP contribution in [0.15, 0.2) is 22.6 Å². The van der Waals surface area contributed by atoms with E-state index in [1.807, 2.05) is 0 Å². The van der Waals surface area contributed by atoms with Gasteiger partial charge in [0, 0.05) is 17.2 Å². The maximum absolute atomic E-state index is 12.7. The molecule has 1 N–H and O–H groups in total. The summed E-state index contributed by atoms with van der Waals surface area (Å²) < 4.78 is 30.3. The normalized spacial score (nSPS) is 10.9. The lowest BCUT2D eigenvalue weighted by molar-refractivity contribution is -0.385. The monoisotopic (exact) mass is 298 g/mol. The highest BCUT2D eigenvalue weighted by Gasteiger charge is 2.28. The molecule has 0 spiro atoms. The Bertz CT molecular complexity index is 726. The van der Waals surface area contributed by atoms with E-state index in [4.69, 9.17) is 9.52 Å². The van der Waals surface area contributed by atoms with E-state index in [9.17, 15) is 23.7 Å². The van der Waals surface area contributed by atoms with Gasteiger partial charge in [0.25, 0.3) is 12.1 Å². The molecule has 0 fully saturated rings. The molecule has 0 unspecified atom stereocenters. The number of carboxylic acids is 1. The van der Waals surface area contributed by atoms with Crippen molar-refractivity contribution in [2.75, 3.05) is 0 Å². The van der Waals surface area contributed by atoms with E-state index < -0.39 is 34.7 Å². The molecule has 21 heavy (non-hydrogen) atoms. The first-order valence-electron chi connectivity index (χ1n) is 5.59. The summed E-state index contributed by atoms with van der Waals surface area (Å²) in [4.78, 5) is 24.5. The quantitative estimate of drug-likeness (QED) is 0.686. The van der Waals surface area contributed by atoms with Crippen molar-refractivity contribution in [1.29, 1.82) is 0 Å². The molecule has 1 heterocycles. The highest BCUT2D eigenvalue weighted by molar-refractivity contribution is 5.86. The molecule has 0 amide bonds. The highest BCUT2D eigenvalue weighted by atomic mass is 19.3. The molecular weight excluding hydrogens is 290 g/mol. The smallest absolute Gasteiger partial charge is 0.374 e. The second kappa shape index (κ2) is 5.27. The number of carbonyl (C=O) groups is 1. The summed E-state index contributed by atoms with van der Waals surface area (Å²) >= 11 is 0. The Labute approximate surface area is 116 Å². The topological polar surface area (TPSA) is 106 Å². The molecule has 9 heteroatoms. The number of benzene rings is 1. The predicted molar refractivity (Wildman–Crippen MR) is 65.2 cm³/mol. The summed E-state index contributed by atoms with van der Waals surface area (Å²) in [6.07, 6.45) is -3.13. The molecule has 0 radical (unpaired) electrons. The minimum Gasteiger partial charge on any atom is -0.475 e. The number of hydrogen-bond acceptors (Lipinski definition) is 5. The zero-order chi connectivity index (χ0) is 15.7. The lowest BCUT2D eigenvalue weighted by atomic mass is 10.1. The number of oxazole rings is 1. The van der Waals surface area contributed by atoms with Gasteiger partial charge >= 0.3 is 5.97 Å². The summed E-state index contributed by atoms with van der Waals surface area (Å²) in [5, 5.41) is 19.6. The summed E-state index contributed by atoms with van der Waals surface area (Å²) in [5.41, 5.74) is -1.04. The van der Waals surface area contributed by atoms with Gasteiger partial charge in [-0.2, -0.15) is 0 Å². The van der Waals surface area contributed by atoms with Crippen molar-refractivity contribution < 1.29 is 28.0 Å². The summed E-state index contributed by atoms with van der Waals surface area (Å²) in [6, 6.07) is 3.93. The van der Waals surface area contributed by atoms with E-state index in [0.29, 0.717) is 0 Å². The number of rotatable bonds is 4. The Kier molecular flexibility index (Phi) is 3.66. The molecular formula is C12H8F2N2O5. The summed E-state index contributed by atoms with van der Waals surface area (Å²) in [6.45, 7) is 1.39. The van der Waals surface area contributed by atoms with Crippen molar-refractivity contribution in [3.63, 3.8) is 0 Å². The highest BCUT2D eigenvalue weighted by Crippen LogP contribution is 2.33. The van der Waals surface area contributed by atoms with E-state index >= 15 is 0 Å². The van der Waals surface area contributed by atoms with Gasteiger partial charge in [-0.25, -0.2) is 18.6 Å². The predicted octanol–water partition coefficient (Wildman–Crippen LogP) is 3.19. The molecule has 0 saturated carbocycles. The molecule has 110 valence electrons. The molecule has 2 aromatic rings. The number of halogens is 2. The van der Waals surface area contributed by atoms with E-state index in [1.54, 1.807) is 0 Å². The lowest BCUT2D eigenvalue weighted by Crippen LogP contribution is -1.99. The van der Waals surface area contributed by atoms with Crippen LogP contribution < -0.4 is 0 Å². The second-order valence-electron chi connectivity index (χ2n) is 4.05. The van der Waals surface area contributed by atoms with E-state index in [-0.39, 0.29) is 16.8 Å². The second-order valence-corrected chi connectivity index (χ2v) is 4.05. The standard InChI is InChI=1S/C12H8F2N2O5/c1-5-6(3-2-4-7(5)16(19)20)11-15-8(10(13)14)9(21-11)12(17)18/h2-4,10H,1H3,(H,17,18). The Morgan fingerprint density at radius 1 is 1.48 bits per heavy atom. The third-order valence-corrected chi connectivity index (χ3v) is 2.79.